The summed E-state index contributed by atoms with van der Waals surface area (Å²) < 4.78 is 5.97. The number of hydrogen-bond donors (Lipinski definition) is 0. The fourth-order valence-corrected chi connectivity index (χ4v) is 2.70. The number of hydrogen-bond acceptors (Lipinski definition) is 1. The molecule has 1 fully saturated rings. The van der Waals surface area contributed by atoms with Gasteiger partial charge in [-0.2, -0.15) is 0 Å². The van der Waals surface area contributed by atoms with Gasteiger partial charge >= 0.3 is 0 Å². The lowest BCUT2D eigenvalue weighted by atomic mass is 9.97. The zero-order valence-corrected chi connectivity index (χ0v) is 11.2. The highest BCUT2D eigenvalue weighted by atomic mass is 35.5. The average molecular weight is 253 g/mol. The van der Waals surface area contributed by atoms with E-state index in [1.165, 1.54) is 37.7 Å². The van der Waals surface area contributed by atoms with Crippen LogP contribution in [0.3, 0.4) is 0 Å². The summed E-state index contributed by atoms with van der Waals surface area (Å²) in [6.07, 6.45) is 6.64. The minimum absolute atomic E-state index is 0.208. The molecule has 0 N–H and O–H groups in total. The molecule has 1 nitrogen and oxygen atoms in total. The van der Waals surface area contributed by atoms with Gasteiger partial charge in [-0.05, 0) is 18.4 Å². The van der Waals surface area contributed by atoms with E-state index in [1.54, 1.807) is 0 Å². The van der Waals surface area contributed by atoms with Crippen LogP contribution in [0.4, 0.5) is 0 Å². The Hall–Kier alpha value is -0.530. The topological polar surface area (TPSA) is 9.23 Å². The largest absolute Gasteiger partial charge is 0.359 e. The van der Waals surface area contributed by atoms with Crippen LogP contribution in [0, 0.1) is 0 Å². The normalized spacial score (nSPS) is 21.1. The van der Waals surface area contributed by atoms with E-state index in [2.05, 4.69) is 31.2 Å². The van der Waals surface area contributed by atoms with Gasteiger partial charge in [0.2, 0.25) is 0 Å². The molecule has 0 saturated heterocycles. The number of benzene rings is 1. The van der Waals surface area contributed by atoms with Crippen LogP contribution in [-0.2, 0) is 4.74 Å². The van der Waals surface area contributed by atoms with E-state index in [0.717, 1.165) is 0 Å². The molecule has 1 aliphatic rings. The lowest BCUT2D eigenvalue weighted by Crippen LogP contribution is -2.24. The van der Waals surface area contributed by atoms with Gasteiger partial charge < -0.3 is 4.74 Å². The third-order valence-corrected chi connectivity index (χ3v) is 4.07. The first-order valence-electron chi connectivity index (χ1n) is 6.62. The monoisotopic (exact) mass is 252 g/mol. The second kappa shape index (κ2) is 6.42. The van der Waals surface area contributed by atoms with Crippen molar-refractivity contribution in [3.05, 3.63) is 35.9 Å². The van der Waals surface area contributed by atoms with E-state index in [-0.39, 0.29) is 11.5 Å². The van der Waals surface area contributed by atoms with Crippen LogP contribution < -0.4 is 0 Å². The first-order chi connectivity index (χ1) is 8.27. The Labute approximate surface area is 109 Å². The SMILES string of the molecule is CC(c1ccccc1)C(Cl)OC1CCCCC1. The third-order valence-electron chi connectivity index (χ3n) is 3.59. The third kappa shape index (κ3) is 3.72. The summed E-state index contributed by atoms with van der Waals surface area (Å²) in [5.41, 5.74) is 1.05. The zero-order chi connectivity index (χ0) is 12.1. The lowest BCUT2D eigenvalue weighted by Gasteiger charge is -2.27. The molecule has 0 amide bonds. The van der Waals surface area contributed by atoms with Gasteiger partial charge in [-0.1, -0.05) is 68.1 Å². The summed E-state index contributed by atoms with van der Waals surface area (Å²) in [6.45, 7) is 2.13. The van der Waals surface area contributed by atoms with Crippen LogP contribution in [-0.4, -0.2) is 11.7 Å². The van der Waals surface area contributed by atoms with Crippen molar-refractivity contribution in [3.63, 3.8) is 0 Å². The van der Waals surface area contributed by atoms with Crippen LogP contribution in [0.15, 0.2) is 30.3 Å². The fourth-order valence-electron chi connectivity index (χ4n) is 2.41. The molecule has 2 atom stereocenters. The van der Waals surface area contributed by atoms with Gasteiger partial charge in [0.15, 0.2) is 0 Å². The maximum atomic E-state index is 6.38. The van der Waals surface area contributed by atoms with Crippen LogP contribution in [0.1, 0.15) is 50.5 Å². The summed E-state index contributed by atoms with van der Waals surface area (Å²) in [4.78, 5) is 0. The van der Waals surface area contributed by atoms with Crippen molar-refractivity contribution in [2.45, 2.75) is 56.6 Å². The van der Waals surface area contributed by atoms with Crippen LogP contribution in [0.25, 0.3) is 0 Å². The first-order valence-corrected chi connectivity index (χ1v) is 7.05. The van der Waals surface area contributed by atoms with Gasteiger partial charge in [0.25, 0.3) is 0 Å². The Bertz CT molecular complexity index is 319. The molecule has 94 valence electrons. The number of halogens is 1. The van der Waals surface area contributed by atoms with Crippen molar-refractivity contribution in [2.75, 3.05) is 0 Å². The van der Waals surface area contributed by atoms with Crippen molar-refractivity contribution in [2.24, 2.45) is 0 Å². The standard InChI is InChI=1S/C15H21ClO/c1-12(13-8-4-2-5-9-13)15(16)17-14-10-6-3-7-11-14/h2,4-5,8-9,12,14-15H,3,6-7,10-11H2,1H3. The lowest BCUT2D eigenvalue weighted by molar-refractivity contribution is -0.000144. The van der Waals surface area contributed by atoms with Crippen molar-refractivity contribution in [1.82, 2.24) is 0 Å². The molecule has 2 rings (SSSR count). The number of alkyl halides is 1. The smallest absolute Gasteiger partial charge is 0.138 e. The van der Waals surface area contributed by atoms with Gasteiger partial charge in [0.1, 0.15) is 5.56 Å². The Morgan fingerprint density at radius 3 is 2.41 bits per heavy atom. The Morgan fingerprint density at radius 2 is 1.76 bits per heavy atom. The fraction of sp³-hybridized carbons (Fsp3) is 0.600. The molecule has 0 spiro atoms. The summed E-state index contributed by atoms with van der Waals surface area (Å²) in [5.74, 6) is 0.250. The minimum Gasteiger partial charge on any atom is -0.359 e. The van der Waals surface area contributed by atoms with Gasteiger partial charge in [-0.3, -0.25) is 0 Å². The molecule has 17 heavy (non-hydrogen) atoms. The first kappa shape index (κ1) is 12.9. The molecular weight excluding hydrogens is 232 g/mol. The van der Waals surface area contributed by atoms with Crippen LogP contribution in [0.2, 0.25) is 0 Å². The predicted molar refractivity (Wildman–Crippen MR) is 72.5 cm³/mol. The molecule has 0 radical (unpaired) electrons. The van der Waals surface area contributed by atoms with E-state index in [4.69, 9.17) is 16.3 Å². The van der Waals surface area contributed by atoms with E-state index in [1.807, 2.05) is 6.07 Å². The molecule has 1 aromatic carbocycles. The van der Waals surface area contributed by atoms with Gasteiger partial charge in [-0.25, -0.2) is 0 Å². The minimum atomic E-state index is -0.208. The van der Waals surface area contributed by atoms with Gasteiger partial charge in [-0.15, -0.1) is 0 Å². The van der Waals surface area contributed by atoms with Crippen molar-refractivity contribution in [3.8, 4) is 0 Å². The van der Waals surface area contributed by atoms with E-state index < -0.39 is 0 Å². The molecule has 0 heterocycles. The highest BCUT2D eigenvalue weighted by molar-refractivity contribution is 6.20. The maximum absolute atomic E-state index is 6.38. The molecule has 1 saturated carbocycles. The Kier molecular flexibility index (Phi) is 4.87. The van der Waals surface area contributed by atoms with Crippen molar-refractivity contribution in [1.29, 1.82) is 0 Å². The Morgan fingerprint density at radius 1 is 1.12 bits per heavy atom. The summed E-state index contributed by atoms with van der Waals surface area (Å²) in [7, 11) is 0. The Balaban J connectivity index is 1.88. The van der Waals surface area contributed by atoms with Gasteiger partial charge in [0.05, 0.1) is 6.10 Å². The van der Waals surface area contributed by atoms with Gasteiger partial charge in [0, 0.05) is 5.92 Å². The summed E-state index contributed by atoms with van der Waals surface area (Å²) in [5, 5.41) is 0. The zero-order valence-electron chi connectivity index (χ0n) is 10.4. The molecule has 2 heteroatoms. The molecule has 0 aliphatic heterocycles. The van der Waals surface area contributed by atoms with Crippen LogP contribution >= 0.6 is 11.6 Å². The van der Waals surface area contributed by atoms with E-state index >= 15 is 0 Å². The van der Waals surface area contributed by atoms with Crippen molar-refractivity contribution >= 4 is 11.6 Å². The highest BCUT2D eigenvalue weighted by Gasteiger charge is 2.22. The summed E-state index contributed by atoms with van der Waals surface area (Å²) >= 11 is 6.38. The summed E-state index contributed by atoms with van der Waals surface area (Å²) in [6, 6.07) is 10.4. The molecule has 1 aromatic rings. The molecular formula is C15H21ClO. The molecule has 0 aromatic heterocycles. The quantitative estimate of drug-likeness (QED) is 0.706. The number of rotatable bonds is 4. The second-order valence-electron chi connectivity index (χ2n) is 4.95. The highest BCUT2D eigenvalue weighted by Crippen LogP contribution is 2.29. The van der Waals surface area contributed by atoms with Crippen molar-refractivity contribution < 1.29 is 4.74 Å². The average Bonchev–Trinajstić information content (AvgIpc) is 2.40. The second-order valence-corrected chi connectivity index (χ2v) is 5.38. The number of ether oxygens (including phenoxy) is 1. The van der Waals surface area contributed by atoms with E-state index in [0.29, 0.717) is 6.10 Å². The molecule has 2 unspecified atom stereocenters. The van der Waals surface area contributed by atoms with E-state index in [9.17, 15) is 0 Å². The predicted octanol–water partition coefficient (Wildman–Crippen LogP) is 4.70. The molecule has 0 bridgehead atoms. The maximum Gasteiger partial charge on any atom is 0.138 e. The molecule has 1 aliphatic carbocycles. The van der Waals surface area contributed by atoms with Crippen LogP contribution in [0.5, 0.6) is 0 Å².